The van der Waals surface area contributed by atoms with Crippen molar-refractivity contribution < 1.29 is 9.53 Å². The molecule has 1 N–H and O–H groups in total. The lowest BCUT2D eigenvalue weighted by Crippen LogP contribution is -2.30. The second kappa shape index (κ2) is 6.28. The lowest BCUT2D eigenvalue weighted by atomic mass is 10.0. The molecule has 1 saturated heterocycles. The minimum atomic E-state index is 0.0298. The second-order valence-electron chi connectivity index (χ2n) is 6.35. The fourth-order valence-corrected chi connectivity index (χ4v) is 3.64. The van der Waals surface area contributed by atoms with Crippen molar-refractivity contribution in [2.45, 2.75) is 32.0 Å². The molecule has 2 aliphatic rings. The fourth-order valence-electron chi connectivity index (χ4n) is 3.64. The number of imidazole rings is 1. The Morgan fingerprint density at radius 2 is 2.29 bits per heavy atom. The summed E-state index contributed by atoms with van der Waals surface area (Å²) in [7, 11) is 1.67. The van der Waals surface area contributed by atoms with Crippen molar-refractivity contribution in [1.82, 2.24) is 19.8 Å². The average molecular weight is 326 g/mol. The Morgan fingerprint density at radius 3 is 3.12 bits per heavy atom. The Kier molecular flexibility index (Phi) is 3.98. The summed E-state index contributed by atoms with van der Waals surface area (Å²) in [5.74, 6) is 1.80. The number of fused-ring (bicyclic) bond motifs is 1. The number of likely N-dealkylation sites (tertiary alicyclic amines) is 1. The molecule has 1 aromatic heterocycles. The maximum absolute atomic E-state index is 13.0. The van der Waals surface area contributed by atoms with Gasteiger partial charge in [0.05, 0.1) is 19.7 Å². The Balaban J connectivity index is 1.59. The van der Waals surface area contributed by atoms with Crippen LogP contribution in [0.2, 0.25) is 0 Å². The van der Waals surface area contributed by atoms with Crippen LogP contribution in [0, 0.1) is 0 Å². The average Bonchev–Trinajstić information content (AvgIpc) is 3.28. The smallest absolute Gasteiger partial charge is 0.274 e. The van der Waals surface area contributed by atoms with Gasteiger partial charge in [0.1, 0.15) is 17.3 Å². The topological polar surface area (TPSA) is 59.4 Å². The molecule has 0 saturated carbocycles. The van der Waals surface area contributed by atoms with E-state index in [1.807, 2.05) is 29.3 Å². The number of ether oxygens (including phenoxy) is 1. The van der Waals surface area contributed by atoms with Crippen LogP contribution in [-0.2, 0) is 13.1 Å². The summed E-state index contributed by atoms with van der Waals surface area (Å²) in [4.78, 5) is 19.5. The summed E-state index contributed by atoms with van der Waals surface area (Å²) in [6.45, 7) is 3.30. The van der Waals surface area contributed by atoms with E-state index in [1.165, 1.54) is 0 Å². The number of hydrogen-bond acceptors (Lipinski definition) is 4. The van der Waals surface area contributed by atoms with Crippen molar-refractivity contribution in [1.29, 1.82) is 0 Å². The number of aromatic nitrogens is 2. The minimum Gasteiger partial charge on any atom is -0.497 e. The first kappa shape index (κ1) is 15.2. The highest BCUT2D eigenvalue weighted by Crippen LogP contribution is 2.34. The van der Waals surface area contributed by atoms with E-state index >= 15 is 0 Å². The first-order valence-electron chi connectivity index (χ1n) is 8.48. The molecule has 0 bridgehead atoms. The first-order valence-corrected chi connectivity index (χ1v) is 8.48. The van der Waals surface area contributed by atoms with Gasteiger partial charge in [0.2, 0.25) is 0 Å². The number of carbonyl (C=O) groups excluding carboxylic acids is 1. The molecule has 2 aliphatic heterocycles. The molecule has 1 atom stereocenters. The van der Waals surface area contributed by atoms with Gasteiger partial charge in [0.25, 0.3) is 5.91 Å². The maximum atomic E-state index is 13.0. The Bertz CT molecular complexity index is 732. The van der Waals surface area contributed by atoms with Gasteiger partial charge >= 0.3 is 0 Å². The molecule has 0 radical (unpaired) electrons. The highest BCUT2D eigenvalue weighted by Gasteiger charge is 2.32. The maximum Gasteiger partial charge on any atom is 0.274 e. The lowest BCUT2D eigenvalue weighted by molar-refractivity contribution is 0.0730. The number of amides is 1. The Morgan fingerprint density at radius 1 is 1.38 bits per heavy atom. The molecule has 3 heterocycles. The van der Waals surface area contributed by atoms with Crippen molar-refractivity contribution in [3.8, 4) is 5.75 Å². The summed E-state index contributed by atoms with van der Waals surface area (Å²) in [6, 6.07) is 8.11. The van der Waals surface area contributed by atoms with E-state index in [1.54, 1.807) is 7.11 Å². The van der Waals surface area contributed by atoms with E-state index < -0.39 is 0 Å². The summed E-state index contributed by atoms with van der Waals surface area (Å²) >= 11 is 0. The van der Waals surface area contributed by atoms with Crippen molar-refractivity contribution >= 4 is 5.91 Å². The van der Waals surface area contributed by atoms with Crippen molar-refractivity contribution in [2.24, 2.45) is 0 Å². The van der Waals surface area contributed by atoms with Crippen LogP contribution in [0.3, 0.4) is 0 Å². The van der Waals surface area contributed by atoms with E-state index in [4.69, 9.17) is 4.74 Å². The van der Waals surface area contributed by atoms with Gasteiger partial charge in [-0.15, -0.1) is 0 Å². The fraction of sp³-hybridized carbons (Fsp3) is 0.444. The zero-order valence-corrected chi connectivity index (χ0v) is 13.9. The molecular weight excluding hydrogens is 304 g/mol. The second-order valence-corrected chi connectivity index (χ2v) is 6.35. The number of benzene rings is 1. The molecule has 4 rings (SSSR count). The zero-order chi connectivity index (χ0) is 16.5. The molecule has 6 nitrogen and oxygen atoms in total. The van der Waals surface area contributed by atoms with Crippen LogP contribution >= 0.6 is 0 Å². The molecular formula is C18H22N4O2. The van der Waals surface area contributed by atoms with E-state index in [2.05, 4.69) is 20.9 Å². The number of hydrogen-bond donors (Lipinski definition) is 1. The third kappa shape index (κ3) is 2.67. The van der Waals surface area contributed by atoms with Crippen LogP contribution in [0.5, 0.6) is 5.75 Å². The number of nitrogens with one attached hydrogen (secondary N) is 1. The normalized spacial score (nSPS) is 20.0. The van der Waals surface area contributed by atoms with E-state index in [9.17, 15) is 4.79 Å². The molecule has 0 spiro atoms. The summed E-state index contributed by atoms with van der Waals surface area (Å²) in [5.41, 5.74) is 1.69. The van der Waals surface area contributed by atoms with Crippen molar-refractivity contribution in [3.63, 3.8) is 0 Å². The summed E-state index contributed by atoms with van der Waals surface area (Å²) in [5, 5.41) is 3.29. The predicted octanol–water partition coefficient (Wildman–Crippen LogP) is 1.97. The third-order valence-electron chi connectivity index (χ3n) is 4.88. The summed E-state index contributed by atoms with van der Waals surface area (Å²) < 4.78 is 7.41. The highest BCUT2D eigenvalue weighted by atomic mass is 16.5. The molecule has 0 unspecified atom stereocenters. The largest absolute Gasteiger partial charge is 0.497 e. The van der Waals surface area contributed by atoms with Gasteiger partial charge in [-0.2, -0.15) is 0 Å². The van der Waals surface area contributed by atoms with Crippen LogP contribution in [0.25, 0.3) is 0 Å². The number of rotatable bonds is 3. The van der Waals surface area contributed by atoms with Crippen LogP contribution in [0.15, 0.2) is 30.5 Å². The predicted molar refractivity (Wildman–Crippen MR) is 89.9 cm³/mol. The van der Waals surface area contributed by atoms with E-state index in [0.717, 1.165) is 56.2 Å². The monoisotopic (exact) mass is 326 g/mol. The molecule has 0 aliphatic carbocycles. The highest BCUT2D eigenvalue weighted by molar-refractivity contribution is 5.92. The van der Waals surface area contributed by atoms with Crippen molar-refractivity contribution in [2.75, 3.05) is 20.2 Å². The van der Waals surface area contributed by atoms with Crippen LogP contribution in [0.4, 0.5) is 0 Å². The number of methoxy groups -OCH3 is 1. The quantitative estimate of drug-likeness (QED) is 0.937. The van der Waals surface area contributed by atoms with Crippen LogP contribution < -0.4 is 10.1 Å². The van der Waals surface area contributed by atoms with Gasteiger partial charge in [-0.05, 0) is 30.5 Å². The van der Waals surface area contributed by atoms with Gasteiger partial charge in [0.15, 0.2) is 0 Å². The van der Waals surface area contributed by atoms with Gasteiger partial charge < -0.3 is 19.5 Å². The molecule has 1 aromatic carbocycles. The van der Waals surface area contributed by atoms with Gasteiger partial charge in [0, 0.05) is 25.8 Å². The van der Waals surface area contributed by atoms with Crippen molar-refractivity contribution in [3.05, 3.63) is 47.5 Å². The molecule has 126 valence electrons. The molecule has 2 aromatic rings. The molecule has 1 fully saturated rings. The molecule has 6 heteroatoms. The van der Waals surface area contributed by atoms with Gasteiger partial charge in [-0.3, -0.25) is 4.79 Å². The molecule has 1 amide bonds. The zero-order valence-electron chi connectivity index (χ0n) is 13.9. The number of carbonyl (C=O) groups is 1. The first-order chi connectivity index (χ1) is 11.8. The van der Waals surface area contributed by atoms with Crippen LogP contribution in [0.1, 0.15) is 40.8 Å². The Hall–Kier alpha value is -2.34. The SMILES string of the molecule is COc1cccc([C@@H]2CCCN2C(=O)c2cn3c(n2)CNCC3)c1. The Labute approximate surface area is 141 Å². The van der Waals surface area contributed by atoms with Gasteiger partial charge in [-0.1, -0.05) is 12.1 Å². The van der Waals surface area contributed by atoms with E-state index in [-0.39, 0.29) is 11.9 Å². The summed E-state index contributed by atoms with van der Waals surface area (Å²) in [6.07, 6.45) is 3.90. The minimum absolute atomic E-state index is 0.0298. The van der Waals surface area contributed by atoms with Crippen LogP contribution in [-0.4, -0.2) is 40.6 Å². The number of nitrogens with zero attached hydrogens (tertiary/aromatic N) is 3. The van der Waals surface area contributed by atoms with E-state index in [0.29, 0.717) is 5.69 Å². The third-order valence-corrected chi connectivity index (χ3v) is 4.88. The van der Waals surface area contributed by atoms with Gasteiger partial charge in [-0.25, -0.2) is 4.98 Å². The lowest BCUT2D eigenvalue weighted by Gasteiger charge is -2.24. The standard InChI is InChI=1S/C18H22N4O2/c1-24-14-5-2-4-13(10-14)16-6-3-8-22(16)18(23)15-12-21-9-7-19-11-17(21)20-15/h2,4-5,10,12,16,19H,3,6-9,11H2,1H3/t16-/m0/s1. The molecule has 24 heavy (non-hydrogen) atoms.